The van der Waals surface area contributed by atoms with Crippen molar-refractivity contribution in [2.24, 2.45) is 23.1 Å². The molecule has 0 aliphatic carbocycles. The van der Waals surface area contributed by atoms with E-state index in [1.165, 1.54) is 20.0 Å². The largest absolute Gasteiger partial charge is 0.507 e. The van der Waals surface area contributed by atoms with Gasteiger partial charge in [0.15, 0.2) is 0 Å². The number of aromatic hydroxyl groups is 1. The van der Waals surface area contributed by atoms with Crippen molar-refractivity contribution in [1.82, 2.24) is 25.1 Å². The van der Waals surface area contributed by atoms with Crippen LogP contribution in [-0.4, -0.2) is 76.2 Å². The summed E-state index contributed by atoms with van der Waals surface area (Å²) in [4.78, 5) is 24.1. The SMILES string of the molecule is COC(=O)C1CCN(Cc2cnc(C)nc2)C1.NC(N)=C(/C=C(\N)c1ccccc1O)N1CC2CCC(C1)N2. The van der Waals surface area contributed by atoms with E-state index >= 15 is 0 Å². The first kappa shape index (κ1) is 28.2. The second-order valence-electron chi connectivity index (χ2n) is 10.4. The maximum Gasteiger partial charge on any atom is 0.310 e. The van der Waals surface area contributed by atoms with Crippen LogP contribution < -0.4 is 22.5 Å². The Labute approximate surface area is 229 Å². The molecule has 0 spiro atoms. The number of para-hydroxylation sites is 1. The van der Waals surface area contributed by atoms with E-state index in [9.17, 15) is 9.90 Å². The molecule has 0 amide bonds. The summed E-state index contributed by atoms with van der Waals surface area (Å²) < 4.78 is 4.76. The van der Waals surface area contributed by atoms with Gasteiger partial charge < -0.3 is 37.3 Å². The number of nitrogens with one attached hydrogen (secondary N) is 1. The van der Waals surface area contributed by atoms with Gasteiger partial charge in [0.2, 0.25) is 0 Å². The van der Waals surface area contributed by atoms with Crippen LogP contribution in [0.4, 0.5) is 0 Å². The number of methoxy groups -OCH3 is 1. The molecular weight excluding hydrogens is 496 g/mol. The molecule has 3 atom stereocenters. The molecule has 1 aromatic heterocycles. The number of likely N-dealkylation sites (tertiary alicyclic amines) is 2. The van der Waals surface area contributed by atoms with Gasteiger partial charge in [-0.1, -0.05) is 12.1 Å². The van der Waals surface area contributed by atoms with Crippen molar-refractivity contribution in [2.45, 2.75) is 44.8 Å². The lowest BCUT2D eigenvalue weighted by Gasteiger charge is -2.35. The number of phenols is 1. The van der Waals surface area contributed by atoms with Gasteiger partial charge in [-0.25, -0.2) is 9.97 Å². The van der Waals surface area contributed by atoms with Crippen LogP contribution in [0.25, 0.3) is 5.70 Å². The summed E-state index contributed by atoms with van der Waals surface area (Å²) in [6.45, 7) is 6.09. The Morgan fingerprint density at radius 1 is 1.10 bits per heavy atom. The molecular formula is C28H40N8O3. The fourth-order valence-electron chi connectivity index (χ4n) is 5.39. The summed E-state index contributed by atoms with van der Waals surface area (Å²) in [6.07, 6.45) is 8.67. The average Bonchev–Trinajstić information content (AvgIpc) is 3.53. The van der Waals surface area contributed by atoms with Crippen LogP contribution in [-0.2, 0) is 16.1 Å². The van der Waals surface area contributed by atoms with Crippen LogP contribution in [0.1, 0.15) is 36.2 Å². The smallest absolute Gasteiger partial charge is 0.310 e. The van der Waals surface area contributed by atoms with Crippen molar-refractivity contribution in [2.75, 3.05) is 33.3 Å². The molecule has 11 heteroatoms. The zero-order valence-electron chi connectivity index (χ0n) is 22.7. The number of ether oxygens (including phenoxy) is 1. The molecule has 0 saturated carbocycles. The van der Waals surface area contributed by atoms with Gasteiger partial charge in [0.1, 0.15) is 17.4 Å². The van der Waals surface area contributed by atoms with Crippen molar-refractivity contribution >= 4 is 11.7 Å². The number of aryl methyl sites for hydroxylation is 1. The lowest BCUT2D eigenvalue weighted by atomic mass is 10.1. The average molecular weight is 537 g/mol. The van der Waals surface area contributed by atoms with E-state index in [-0.39, 0.29) is 23.5 Å². The molecule has 39 heavy (non-hydrogen) atoms. The summed E-state index contributed by atoms with van der Waals surface area (Å²) in [5.41, 5.74) is 20.7. The number of piperazine rings is 1. The van der Waals surface area contributed by atoms with Crippen LogP contribution in [0, 0.1) is 12.8 Å². The molecule has 210 valence electrons. The van der Waals surface area contributed by atoms with Crippen LogP contribution in [0.3, 0.4) is 0 Å². The molecule has 2 bridgehead atoms. The highest BCUT2D eigenvalue weighted by atomic mass is 16.5. The number of rotatable bonds is 6. The summed E-state index contributed by atoms with van der Waals surface area (Å²) in [5, 5.41) is 13.5. The Balaban J connectivity index is 0.000000187. The molecule has 4 heterocycles. The van der Waals surface area contributed by atoms with E-state index in [0.29, 0.717) is 23.3 Å². The number of carbonyl (C=O) groups is 1. The molecule has 5 rings (SSSR count). The molecule has 8 N–H and O–H groups in total. The Kier molecular flexibility index (Phi) is 9.26. The molecule has 3 saturated heterocycles. The third-order valence-corrected chi connectivity index (χ3v) is 7.41. The number of phenolic OH excluding ortho intramolecular Hbond substituents is 1. The zero-order chi connectivity index (χ0) is 27.9. The zero-order valence-corrected chi connectivity index (χ0v) is 22.7. The summed E-state index contributed by atoms with van der Waals surface area (Å²) >= 11 is 0. The maximum atomic E-state index is 11.4. The van der Waals surface area contributed by atoms with Crippen molar-refractivity contribution in [3.05, 3.63) is 71.2 Å². The second-order valence-corrected chi connectivity index (χ2v) is 10.4. The van der Waals surface area contributed by atoms with Gasteiger partial charge in [0.05, 0.1) is 18.7 Å². The van der Waals surface area contributed by atoms with Crippen LogP contribution >= 0.6 is 0 Å². The van der Waals surface area contributed by atoms with Crippen molar-refractivity contribution < 1.29 is 14.6 Å². The van der Waals surface area contributed by atoms with Gasteiger partial charge in [0, 0.05) is 67.5 Å². The van der Waals surface area contributed by atoms with E-state index in [1.54, 1.807) is 24.3 Å². The second kappa shape index (κ2) is 12.8. The van der Waals surface area contributed by atoms with Gasteiger partial charge in [-0.05, 0) is 50.9 Å². The van der Waals surface area contributed by atoms with Gasteiger partial charge in [0.25, 0.3) is 0 Å². The number of carbonyl (C=O) groups excluding carboxylic acids is 1. The first-order chi connectivity index (χ1) is 18.7. The minimum absolute atomic E-state index is 0.0198. The number of fused-ring (bicyclic) bond motifs is 2. The van der Waals surface area contributed by atoms with E-state index in [4.69, 9.17) is 21.9 Å². The van der Waals surface area contributed by atoms with E-state index in [0.717, 1.165) is 56.2 Å². The van der Waals surface area contributed by atoms with Crippen LogP contribution in [0.15, 0.2) is 54.3 Å². The highest BCUT2D eigenvalue weighted by Crippen LogP contribution is 2.27. The predicted octanol–water partition coefficient (Wildman–Crippen LogP) is 0.994. The number of benzene rings is 1. The molecule has 11 nitrogen and oxygen atoms in total. The Hall–Kier alpha value is -3.83. The number of nitrogens with two attached hydrogens (primary N) is 3. The van der Waals surface area contributed by atoms with Crippen molar-refractivity contribution in [3.8, 4) is 5.75 Å². The molecule has 0 radical (unpaired) electrons. The number of allylic oxidation sites excluding steroid dienone is 1. The topological polar surface area (TPSA) is 169 Å². The number of nitrogens with zero attached hydrogens (tertiary/aromatic N) is 4. The molecule has 2 aromatic rings. The van der Waals surface area contributed by atoms with Gasteiger partial charge >= 0.3 is 5.97 Å². The number of hydrogen-bond donors (Lipinski definition) is 5. The quantitative estimate of drug-likeness (QED) is 0.264. The lowest BCUT2D eigenvalue weighted by Crippen LogP contribution is -2.51. The van der Waals surface area contributed by atoms with E-state index < -0.39 is 0 Å². The molecule has 1 aromatic carbocycles. The highest BCUT2D eigenvalue weighted by Gasteiger charge is 2.33. The Morgan fingerprint density at radius 3 is 2.38 bits per heavy atom. The number of esters is 1. The fourth-order valence-corrected chi connectivity index (χ4v) is 5.39. The summed E-state index contributed by atoms with van der Waals surface area (Å²) in [6, 6.07) is 7.92. The maximum absolute atomic E-state index is 11.4. The fraction of sp³-hybridized carbons (Fsp3) is 0.464. The predicted molar refractivity (Wildman–Crippen MR) is 149 cm³/mol. The van der Waals surface area contributed by atoms with E-state index in [1.807, 2.05) is 25.4 Å². The minimum atomic E-state index is -0.104. The van der Waals surface area contributed by atoms with Gasteiger partial charge in [-0.2, -0.15) is 0 Å². The normalized spacial score (nSPS) is 22.7. The Bertz CT molecular complexity index is 1180. The first-order valence-corrected chi connectivity index (χ1v) is 13.3. The first-order valence-electron chi connectivity index (χ1n) is 13.3. The summed E-state index contributed by atoms with van der Waals surface area (Å²) in [7, 11) is 1.44. The standard InChI is InChI=1S/C16H23N5O.C12H17N3O2/c17-13(12-3-1-2-4-15(12)22)7-14(16(18)19)21-8-10-5-6-11(9-21)20-10;1-9-13-5-10(6-14-9)7-15-4-3-11(8-15)12(16)17-2/h1-4,7,10-11,20,22H,5-6,8-9,17-19H2;5-6,11H,3-4,7-8H2,1-2H3/b13-7-;. The van der Waals surface area contributed by atoms with Crippen LogP contribution in [0.2, 0.25) is 0 Å². The number of hydrogen-bond acceptors (Lipinski definition) is 11. The lowest BCUT2D eigenvalue weighted by molar-refractivity contribution is -0.144. The highest BCUT2D eigenvalue weighted by molar-refractivity contribution is 5.73. The van der Waals surface area contributed by atoms with Crippen molar-refractivity contribution in [3.63, 3.8) is 0 Å². The Morgan fingerprint density at radius 2 is 1.77 bits per heavy atom. The third kappa shape index (κ3) is 7.39. The van der Waals surface area contributed by atoms with Gasteiger partial charge in [-0.15, -0.1) is 0 Å². The van der Waals surface area contributed by atoms with Crippen molar-refractivity contribution in [1.29, 1.82) is 0 Å². The number of aromatic nitrogens is 2. The molecule has 3 aliphatic heterocycles. The molecule has 3 unspecified atom stereocenters. The molecule has 3 aliphatic rings. The van der Waals surface area contributed by atoms with E-state index in [2.05, 4.69) is 25.1 Å². The van der Waals surface area contributed by atoms with Gasteiger partial charge in [-0.3, -0.25) is 9.69 Å². The summed E-state index contributed by atoms with van der Waals surface area (Å²) in [5.74, 6) is 1.09. The molecule has 3 fully saturated rings. The third-order valence-electron chi connectivity index (χ3n) is 7.41. The monoisotopic (exact) mass is 536 g/mol. The minimum Gasteiger partial charge on any atom is -0.507 e. The van der Waals surface area contributed by atoms with Crippen LogP contribution in [0.5, 0.6) is 5.75 Å².